The lowest BCUT2D eigenvalue weighted by molar-refractivity contribution is -0.137. The van der Waals surface area contributed by atoms with Crippen LogP contribution in [0.25, 0.3) is 10.9 Å². The average Bonchev–Trinajstić information content (AvgIpc) is 2.97. The summed E-state index contributed by atoms with van der Waals surface area (Å²) in [5, 5.41) is 15.7. The Balaban J connectivity index is 2.48. The summed E-state index contributed by atoms with van der Waals surface area (Å²) < 4.78 is 1.75. The monoisotopic (exact) mass is 461 g/mol. The van der Waals surface area contributed by atoms with Gasteiger partial charge in [0.25, 0.3) is 0 Å². The standard InChI is InChI=1S/C23H28ClN3O3S/c1-5-9-17(24)10-8-13-31-23-16(3)27(15-21(29)30)19-12-7-11-18(22(19)23)25-20(28)14-26(4)6-2/h5,7-13H,6,14-15H2,1-4H3,(H,25,28)(H,29,30)/b9-5-,13-8+,17-10+. The van der Waals surface area contributed by atoms with E-state index in [4.69, 9.17) is 11.6 Å². The Morgan fingerprint density at radius 2 is 2.10 bits per heavy atom. The van der Waals surface area contributed by atoms with Gasteiger partial charge in [-0.15, -0.1) is 0 Å². The lowest BCUT2D eigenvalue weighted by atomic mass is 10.2. The first-order chi connectivity index (χ1) is 14.8. The molecule has 8 heteroatoms. The molecule has 1 aromatic carbocycles. The number of amides is 1. The number of rotatable bonds is 10. The van der Waals surface area contributed by atoms with Gasteiger partial charge in [0.2, 0.25) is 5.91 Å². The first-order valence-corrected chi connectivity index (χ1v) is 11.2. The first-order valence-electron chi connectivity index (χ1n) is 9.92. The number of aliphatic carboxylic acids is 1. The maximum atomic E-state index is 12.5. The van der Waals surface area contributed by atoms with Crippen LogP contribution in [-0.4, -0.2) is 46.6 Å². The molecule has 0 bridgehead atoms. The van der Waals surface area contributed by atoms with Gasteiger partial charge < -0.3 is 15.0 Å². The number of carbonyl (C=O) groups is 2. The van der Waals surface area contributed by atoms with Gasteiger partial charge in [-0.3, -0.25) is 14.5 Å². The molecule has 0 atom stereocenters. The Hall–Kier alpha value is -2.48. The normalized spacial score (nSPS) is 12.5. The van der Waals surface area contributed by atoms with Crippen molar-refractivity contribution in [2.24, 2.45) is 0 Å². The number of anilines is 1. The van der Waals surface area contributed by atoms with Crippen LogP contribution < -0.4 is 5.32 Å². The van der Waals surface area contributed by atoms with E-state index in [9.17, 15) is 14.7 Å². The van der Waals surface area contributed by atoms with Crippen molar-refractivity contribution in [3.05, 3.63) is 58.6 Å². The highest BCUT2D eigenvalue weighted by Gasteiger charge is 2.19. The van der Waals surface area contributed by atoms with Crippen LogP contribution in [0.4, 0.5) is 5.69 Å². The van der Waals surface area contributed by atoms with E-state index in [0.29, 0.717) is 10.7 Å². The Morgan fingerprint density at radius 3 is 2.74 bits per heavy atom. The van der Waals surface area contributed by atoms with Crippen LogP contribution in [0.1, 0.15) is 19.5 Å². The fraction of sp³-hybridized carbons (Fsp3) is 0.304. The summed E-state index contributed by atoms with van der Waals surface area (Å²) in [6.07, 6.45) is 7.27. The number of aromatic nitrogens is 1. The number of carbonyl (C=O) groups excluding carboxylic acids is 1. The molecule has 0 aliphatic heterocycles. The highest BCUT2D eigenvalue weighted by atomic mass is 35.5. The van der Waals surface area contributed by atoms with Crippen molar-refractivity contribution in [2.75, 3.05) is 25.5 Å². The molecule has 0 spiro atoms. The van der Waals surface area contributed by atoms with Gasteiger partial charge >= 0.3 is 5.97 Å². The van der Waals surface area contributed by atoms with Gasteiger partial charge in [0.1, 0.15) is 6.54 Å². The van der Waals surface area contributed by atoms with E-state index in [2.05, 4.69) is 5.32 Å². The van der Waals surface area contributed by atoms with Gasteiger partial charge in [-0.1, -0.05) is 48.5 Å². The second-order valence-electron chi connectivity index (χ2n) is 6.97. The van der Waals surface area contributed by atoms with E-state index in [1.54, 1.807) is 16.7 Å². The van der Waals surface area contributed by atoms with Gasteiger partial charge in [0, 0.05) is 21.0 Å². The Labute approximate surface area is 192 Å². The summed E-state index contributed by atoms with van der Waals surface area (Å²) in [5.41, 5.74) is 2.25. The number of benzene rings is 1. The van der Waals surface area contributed by atoms with Crippen molar-refractivity contribution >= 4 is 51.8 Å². The molecular weight excluding hydrogens is 434 g/mol. The van der Waals surface area contributed by atoms with Crippen LogP contribution in [0, 0.1) is 6.92 Å². The number of nitrogens with zero attached hydrogens (tertiary/aromatic N) is 2. The van der Waals surface area contributed by atoms with E-state index >= 15 is 0 Å². The van der Waals surface area contributed by atoms with Crippen LogP contribution >= 0.6 is 23.4 Å². The molecule has 0 fully saturated rings. The van der Waals surface area contributed by atoms with Gasteiger partial charge in [-0.2, -0.15) is 0 Å². The van der Waals surface area contributed by atoms with Gasteiger partial charge in [0.05, 0.1) is 17.7 Å². The molecule has 2 rings (SSSR count). The van der Waals surface area contributed by atoms with Gasteiger partial charge in [-0.25, -0.2) is 0 Å². The number of carboxylic acid groups (broad SMARTS) is 1. The SMILES string of the molecule is C\C=C/C(Cl)=C\C=C\Sc1c(C)n(CC(=O)O)c2cccc(NC(=O)CN(C)CC)c12. The van der Waals surface area contributed by atoms with E-state index in [1.807, 2.05) is 68.5 Å². The highest BCUT2D eigenvalue weighted by molar-refractivity contribution is 8.02. The number of hydrogen-bond acceptors (Lipinski definition) is 4. The Bertz CT molecular complexity index is 1040. The predicted octanol–water partition coefficient (Wildman–Crippen LogP) is 5.23. The fourth-order valence-corrected chi connectivity index (χ4v) is 4.18. The Morgan fingerprint density at radius 1 is 1.35 bits per heavy atom. The zero-order valence-electron chi connectivity index (χ0n) is 18.2. The lowest BCUT2D eigenvalue weighted by Gasteiger charge is -2.14. The van der Waals surface area contributed by atoms with Crippen LogP contribution in [0.2, 0.25) is 0 Å². The molecule has 2 N–H and O–H groups in total. The second kappa shape index (κ2) is 11.8. The van der Waals surface area contributed by atoms with Crippen molar-refractivity contribution in [1.82, 2.24) is 9.47 Å². The number of thioether (sulfide) groups is 1. The molecule has 0 saturated heterocycles. The number of carboxylic acids is 1. The molecule has 31 heavy (non-hydrogen) atoms. The molecule has 166 valence electrons. The number of nitrogens with one attached hydrogen (secondary N) is 1. The molecule has 1 aromatic heterocycles. The zero-order valence-corrected chi connectivity index (χ0v) is 19.8. The molecule has 0 saturated carbocycles. The number of halogens is 1. The average molecular weight is 462 g/mol. The van der Waals surface area contributed by atoms with Crippen molar-refractivity contribution in [3.63, 3.8) is 0 Å². The summed E-state index contributed by atoms with van der Waals surface area (Å²) in [6, 6.07) is 5.53. The number of fused-ring (bicyclic) bond motifs is 1. The van der Waals surface area contributed by atoms with Crippen molar-refractivity contribution in [2.45, 2.75) is 32.2 Å². The summed E-state index contributed by atoms with van der Waals surface area (Å²) in [4.78, 5) is 26.7. The maximum Gasteiger partial charge on any atom is 0.323 e. The molecular formula is C23H28ClN3O3S. The molecule has 1 heterocycles. The molecule has 0 aliphatic carbocycles. The molecule has 2 aromatic rings. The number of allylic oxidation sites excluding steroid dienone is 5. The minimum Gasteiger partial charge on any atom is -0.480 e. The molecule has 0 aliphatic rings. The molecule has 0 radical (unpaired) electrons. The van der Waals surface area contributed by atoms with Gasteiger partial charge in [0.15, 0.2) is 0 Å². The van der Waals surface area contributed by atoms with Crippen LogP contribution in [0.5, 0.6) is 0 Å². The number of likely N-dealkylation sites (N-methyl/N-ethyl adjacent to an activating group) is 1. The largest absolute Gasteiger partial charge is 0.480 e. The topological polar surface area (TPSA) is 74.6 Å². The predicted molar refractivity (Wildman–Crippen MR) is 130 cm³/mol. The van der Waals surface area contributed by atoms with Crippen molar-refractivity contribution in [3.8, 4) is 0 Å². The third kappa shape index (κ3) is 6.75. The van der Waals surface area contributed by atoms with E-state index < -0.39 is 5.97 Å². The minimum atomic E-state index is -0.924. The summed E-state index contributed by atoms with van der Waals surface area (Å²) >= 11 is 7.54. The minimum absolute atomic E-state index is 0.118. The Kier molecular flexibility index (Phi) is 9.43. The van der Waals surface area contributed by atoms with E-state index in [1.165, 1.54) is 11.8 Å². The molecule has 6 nitrogen and oxygen atoms in total. The summed E-state index contributed by atoms with van der Waals surface area (Å²) in [6.45, 7) is 6.65. The molecule has 1 amide bonds. The smallest absolute Gasteiger partial charge is 0.323 e. The lowest BCUT2D eigenvalue weighted by Crippen LogP contribution is -2.29. The van der Waals surface area contributed by atoms with E-state index in [-0.39, 0.29) is 19.0 Å². The van der Waals surface area contributed by atoms with Crippen molar-refractivity contribution < 1.29 is 14.7 Å². The second-order valence-corrected chi connectivity index (χ2v) is 8.32. The van der Waals surface area contributed by atoms with Gasteiger partial charge in [-0.05, 0) is 57.1 Å². The van der Waals surface area contributed by atoms with E-state index in [0.717, 1.165) is 28.0 Å². The summed E-state index contributed by atoms with van der Waals surface area (Å²) in [7, 11) is 1.88. The third-order valence-electron chi connectivity index (χ3n) is 4.66. The van der Waals surface area contributed by atoms with Crippen molar-refractivity contribution in [1.29, 1.82) is 0 Å². The fourth-order valence-electron chi connectivity index (χ4n) is 3.08. The van der Waals surface area contributed by atoms with Crippen LogP contribution in [0.3, 0.4) is 0 Å². The number of hydrogen-bond donors (Lipinski definition) is 2. The quantitative estimate of drug-likeness (QED) is 0.374. The zero-order chi connectivity index (χ0) is 23.0. The molecule has 0 unspecified atom stereocenters. The summed E-state index contributed by atoms with van der Waals surface area (Å²) in [5.74, 6) is -1.04. The highest BCUT2D eigenvalue weighted by Crippen LogP contribution is 2.39. The van der Waals surface area contributed by atoms with Crippen LogP contribution in [-0.2, 0) is 16.1 Å². The van der Waals surface area contributed by atoms with Crippen LogP contribution in [0.15, 0.2) is 57.8 Å². The maximum absolute atomic E-state index is 12.5. The first kappa shape index (κ1) is 24.8. The third-order valence-corrected chi connectivity index (χ3v) is 5.94.